The summed E-state index contributed by atoms with van der Waals surface area (Å²) in [6.45, 7) is -0.948. The third-order valence-corrected chi connectivity index (χ3v) is 7.69. The summed E-state index contributed by atoms with van der Waals surface area (Å²) >= 11 is 5.82. The number of carbonyl (C=O) groups is 3. The third kappa shape index (κ3) is 6.38. The molecule has 1 aliphatic heterocycles. The van der Waals surface area contributed by atoms with Crippen LogP contribution in [0.1, 0.15) is 33.6 Å². The van der Waals surface area contributed by atoms with Crippen molar-refractivity contribution >= 4 is 91.2 Å². The lowest BCUT2D eigenvalue weighted by atomic mass is 10.1. The first-order valence-corrected chi connectivity index (χ1v) is 12.5. The highest BCUT2D eigenvalue weighted by Gasteiger charge is 2.33. The molecule has 10 nitrogen and oxygen atoms in total. The number of nitrogens with one attached hydrogen (secondary N) is 2. The molecule has 1 heterocycles. The molecular weight excluding hydrogens is 751 g/mol. The van der Waals surface area contributed by atoms with Crippen molar-refractivity contribution in [2.45, 2.75) is 25.0 Å². The number of hydrogen-bond donors (Lipinski definition) is 6. The first-order valence-electron chi connectivity index (χ1n) is 9.29. The van der Waals surface area contributed by atoms with Crippen molar-refractivity contribution < 1.29 is 34.8 Å². The number of carbonyl (C=O) groups excluding carboxylic acids is 3. The molecular formula is C18H22I3N3O7. The Morgan fingerprint density at radius 3 is 1.71 bits per heavy atom. The maximum atomic E-state index is 12.9. The lowest BCUT2D eigenvalue weighted by Gasteiger charge is -2.25. The standard InChI is InChI=1S/C18H22I3N3O7/c19-13-11(17(30)22-4-8(27)6-25)14(20)16(24-3-1-2-10(24)29)15(21)12(13)18(31)23-5-9(28)7-26/h8-9,25-28H,1-7H2,(H,22,30)(H,23,31). The van der Waals surface area contributed by atoms with Gasteiger partial charge in [-0.2, -0.15) is 0 Å². The molecule has 2 rings (SSSR count). The van der Waals surface area contributed by atoms with Crippen molar-refractivity contribution in [3.63, 3.8) is 0 Å². The minimum absolute atomic E-state index is 0.110. The van der Waals surface area contributed by atoms with Crippen LogP contribution in [0.2, 0.25) is 0 Å². The summed E-state index contributed by atoms with van der Waals surface area (Å²) < 4.78 is 1.32. The third-order valence-electron chi connectivity index (χ3n) is 4.51. The Hall–Kier alpha value is -0.340. The van der Waals surface area contributed by atoms with E-state index in [1.807, 2.05) is 67.8 Å². The van der Waals surface area contributed by atoms with Gasteiger partial charge in [0.25, 0.3) is 11.8 Å². The average Bonchev–Trinajstić information content (AvgIpc) is 3.15. The SMILES string of the molecule is O=C(NCC(O)CO)c1c(I)c(C(=O)NCC(O)CO)c(I)c(N2CCCC2=O)c1I. The Labute approximate surface area is 219 Å². The predicted molar refractivity (Wildman–Crippen MR) is 137 cm³/mol. The fraction of sp³-hybridized carbons (Fsp3) is 0.500. The molecule has 6 N–H and O–H groups in total. The van der Waals surface area contributed by atoms with E-state index in [9.17, 15) is 24.6 Å². The van der Waals surface area contributed by atoms with Gasteiger partial charge in [-0.05, 0) is 74.2 Å². The zero-order valence-electron chi connectivity index (χ0n) is 16.2. The molecule has 2 atom stereocenters. The second-order valence-corrected chi connectivity index (χ2v) is 10.0. The van der Waals surface area contributed by atoms with Crippen molar-refractivity contribution in [3.8, 4) is 0 Å². The minimum Gasteiger partial charge on any atom is -0.394 e. The first-order chi connectivity index (χ1) is 14.6. The van der Waals surface area contributed by atoms with E-state index in [1.54, 1.807) is 4.90 Å². The van der Waals surface area contributed by atoms with E-state index >= 15 is 0 Å². The van der Waals surface area contributed by atoms with Crippen LogP contribution in [0.3, 0.4) is 0 Å². The van der Waals surface area contributed by atoms with Crippen molar-refractivity contribution in [2.75, 3.05) is 37.7 Å². The van der Waals surface area contributed by atoms with E-state index in [0.29, 0.717) is 35.8 Å². The van der Waals surface area contributed by atoms with Crippen LogP contribution in [-0.2, 0) is 4.79 Å². The van der Waals surface area contributed by atoms with Crippen molar-refractivity contribution in [2.24, 2.45) is 0 Å². The van der Waals surface area contributed by atoms with Crippen LogP contribution in [-0.4, -0.2) is 83.2 Å². The molecule has 13 heteroatoms. The number of aliphatic hydroxyl groups excluding tert-OH is 4. The fourth-order valence-electron chi connectivity index (χ4n) is 2.90. The van der Waals surface area contributed by atoms with Crippen LogP contribution in [0.15, 0.2) is 0 Å². The number of benzene rings is 1. The van der Waals surface area contributed by atoms with Crippen LogP contribution >= 0.6 is 67.8 Å². The molecule has 1 aromatic carbocycles. The van der Waals surface area contributed by atoms with E-state index < -0.39 is 37.2 Å². The minimum atomic E-state index is -1.13. The molecule has 0 saturated carbocycles. The van der Waals surface area contributed by atoms with Gasteiger partial charge in [-0.1, -0.05) is 0 Å². The molecule has 3 amide bonds. The molecule has 2 unspecified atom stereocenters. The Morgan fingerprint density at radius 1 is 0.903 bits per heavy atom. The summed E-state index contributed by atoms with van der Waals surface area (Å²) in [6.07, 6.45) is -1.24. The van der Waals surface area contributed by atoms with Gasteiger partial charge in [0, 0.05) is 29.6 Å². The van der Waals surface area contributed by atoms with Gasteiger partial charge in [0.2, 0.25) is 5.91 Å². The van der Waals surface area contributed by atoms with Crippen LogP contribution in [0, 0.1) is 10.7 Å². The van der Waals surface area contributed by atoms with Crippen molar-refractivity contribution in [1.29, 1.82) is 0 Å². The molecule has 1 aliphatic rings. The van der Waals surface area contributed by atoms with E-state index in [0.717, 1.165) is 0 Å². The van der Waals surface area contributed by atoms with E-state index in [1.165, 1.54) is 0 Å². The lowest BCUT2D eigenvalue weighted by molar-refractivity contribution is -0.117. The Morgan fingerprint density at radius 2 is 1.35 bits per heavy atom. The highest BCUT2D eigenvalue weighted by atomic mass is 127. The molecule has 0 bridgehead atoms. The van der Waals surface area contributed by atoms with Crippen LogP contribution in [0.4, 0.5) is 5.69 Å². The van der Waals surface area contributed by atoms with Gasteiger partial charge in [0.15, 0.2) is 0 Å². The highest BCUT2D eigenvalue weighted by molar-refractivity contribution is 14.1. The zero-order valence-corrected chi connectivity index (χ0v) is 22.7. The predicted octanol–water partition coefficient (Wildman–Crippen LogP) is -0.207. The molecule has 0 aliphatic carbocycles. The summed E-state index contributed by atoms with van der Waals surface area (Å²) in [6, 6.07) is 0. The number of aliphatic hydroxyl groups is 4. The smallest absolute Gasteiger partial charge is 0.253 e. The molecule has 0 spiro atoms. The summed E-state index contributed by atoms with van der Waals surface area (Å²) in [7, 11) is 0. The highest BCUT2D eigenvalue weighted by Crippen LogP contribution is 2.39. The van der Waals surface area contributed by atoms with E-state index in [-0.39, 0.29) is 30.1 Å². The maximum Gasteiger partial charge on any atom is 0.253 e. The Bertz CT molecular complexity index is 815. The van der Waals surface area contributed by atoms with Gasteiger partial charge in [0.1, 0.15) is 0 Å². The molecule has 1 saturated heterocycles. The molecule has 1 aromatic rings. The summed E-state index contributed by atoms with van der Waals surface area (Å²) in [5.74, 6) is -1.23. The largest absolute Gasteiger partial charge is 0.394 e. The van der Waals surface area contributed by atoms with Gasteiger partial charge in [0.05, 0.1) is 49.4 Å². The number of amides is 3. The summed E-state index contributed by atoms with van der Waals surface area (Å²) in [4.78, 5) is 39.8. The van der Waals surface area contributed by atoms with Crippen molar-refractivity contribution in [3.05, 3.63) is 21.8 Å². The molecule has 172 valence electrons. The van der Waals surface area contributed by atoms with Gasteiger partial charge in [-0.3, -0.25) is 14.4 Å². The monoisotopic (exact) mass is 773 g/mol. The summed E-state index contributed by atoms with van der Waals surface area (Å²) in [5, 5.41) is 42.1. The zero-order chi connectivity index (χ0) is 23.3. The second-order valence-electron chi connectivity index (χ2n) is 6.78. The fourth-order valence-corrected chi connectivity index (χ4v) is 7.63. The number of anilines is 1. The maximum absolute atomic E-state index is 12.9. The Kier molecular flexibility index (Phi) is 10.6. The number of nitrogens with zero attached hydrogens (tertiary/aromatic N) is 1. The molecule has 0 radical (unpaired) electrons. The quantitative estimate of drug-likeness (QED) is 0.190. The van der Waals surface area contributed by atoms with Crippen molar-refractivity contribution in [1.82, 2.24) is 10.6 Å². The average molecular weight is 773 g/mol. The topological polar surface area (TPSA) is 159 Å². The number of hydrogen-bond acceptors (Lipinski definition) is 7. The van der Waals surface area contributed by atoms with E-state index in [4.69, 9.17) is 10.2 Å². The number of halogens is 3. The molecule has 1 fully saturated rings. The first kappa shape index (κ1) is 26.9. The Balaban J connectivity index is 2.56. The van der Waals surface area contributed by atoms with E-state index in [2.05, 4.69) is 10.6 Å². The summed E-state index contributed by atoms with van der Waals surface area (Å²) in [5.41, 5.74) is 0.813. The van der Waals surface area contributed by atoms with Crippen LogP contribution in [0.5, 0.6) is 0 Å². The van der Waals surface area contributed by atoms with Gasteiger partial charge >= 0.3 is 0 Å². The van der Waals surface area contributed by atoms with Crippen LogP contribution in [0.25, 0.3) is 0 Å². The number of rotatable bonds is 9. The second kappa shape index (κ2) is 12.2. The van der Waals surface area contributed by atoms with Gasteiger partial charge < -0.3 is 36.0 Å². The lowest BCUT2D eigenvalue weighted by Crippen LogP contribution is -2.38. The van der Waals surface area contributed by atoms with Gasteiger partial charge in [-0.25, -0.2) is 0 Å². The van der Waals surface area contributed by atoms with Gasteiger partial charge in [-0.15, -0.1) is 0 Å². The molecule has 31 heavy (non-hydrogen) atoms. The normalized spacial score (nSPS) is 15.7. The van der Waals surface area contributed by atoms with Crippen LogP contribution < -0.4 is 15.5 Å². The molecule has 0 aromatic heterocycles.